The first-order valence-corrected chi connectivity index (χ1v) is 10.0. The highest BCUT2D eigenvalue weighted by molar-refractivity contribution is 5.77. The van der Waals surface area contributed by atoms with Crippen molar-refractivity contribution in [3.05, 3.63) is 48.7 Å². The van der Waals surface area contributed by atoms with Gasteiger partial charge >= 0.3 is 0 Å². The average Bonchev–Trinajstić information content (AvgIpc) is 3.20. The van der Waals surface area contributed by atoms with Crippen LogP contribution in [-0.2, 0) is 0 Å². The number of rotatable bonds is 5. The van der Waals surface area contributed by atoms with Gasteiger partial charge in [0.15, 0.2) is 0 Å². The third kappa shape index (κ3) is 3.91. The van der Waals surface area contributed by atoms with Gasteiger partial charge in [0.05, 0.1) is 29.0 Å². The first kappa shape index (κ1) is 20.0. The molecule has 0 radical (unpaired) electrons. The Morgan fingerprint density at radius 2 is 1.97 bits per heavy atom. The van der Waals surface area contributed by atoms with Gasteiger partial charge in [0, 0.05) is 31.3 Å². The average molecular weight is 405 g/mol. The quantitative estimate of drug-likeness (QED) is 0.626. The zero-order chi connectivity index (χ0) is 21.1. The lowest BCUT2D eigenvalue weighted by Crippen LogP contribution is -2.34. The Morgan fingerprint density at radius 3 is 2.63 bits per heavy atom. The third-order valence-corrected chi connectivity index (χ3v) is 5.74. The molecule has 154 valence electrons. The Balaban J connectivity index is 1.76. The molecule has 2 aromatic heterocycles. The molecule has 1 aliphatic rings. The maximum absolute atomic E-state index is 13.5. The molecule has 0 aliphatic heterocycles. The smallest absolute Gasteiger partial charge is 0.222 e. The van der Waals surface area contributed by atoms with Gasteiger partial charge < -0.3 is 15.0 Å². The zero-order valence-corrected chi connectivity index (χ0v) is 16.8. The van der Waals surface area contributed by atoms with Crippen molar-refractivity contribution in [2.24, 2.45) is 0 Å². The van der Waals surface area contributed by atoms with Gasteiger partial charge in [0.25, 0.3) is 0 Å². The number of hydrogen-bond donors (Lipinski definition) is 2. The topological polar surface area (TPSA) is 75.9 Å². The van der Waals surface area contributed by atoms with E-state index in [-0.39, 0.29) is 11.9 Å². The Bertz CT molecular complexity index is 1060. The van der Waals surface area contributed by atoms with Crippen LogP contribution in [0.1, 0.15) is 38.1 Å². The molecular formula is C23H24FN5O. The van der Waals surface area contributed by atoms with E-state index in [0.717, 1.165) is 35.5 Å². The molecule has 1 aromatic carbocycles. The van der Waals surface area contributed by atoms with Crippen LogP contribution < -0.4 is 5.32 Å². The maximum atomic E-state index is 13.5. The number of terminal acetylenes is 1. The first-order valence-electron chi connectivity index (χ1n) is 10.0. The number of halogens is 1. The molecule has 0 unspecified atom stereocenters. The van der Waals surface area contributed by atoms with Gasteiger partial charge in [-0.2, -0.15) is 0 Å². The summed E-state index contributed by atoms with van der Waals surface area (Å²) in [6.45, 7) is 0. The van der Waals surface area contributed by atoms with Gasteiger partial charge in [-0.05, 0) is 56.0 Å². The summed E-state index contributed by atoms with van der Waals surface area (Å²) in [6, 6.07) is 8.30. The van der Waals surface area contributed by atoms with E-state index in [0.29, 0.717) is 25.2 Å². The fraction of sp³-hybridized carbons (Fsp3) is 0.348. The highest BCUT2D eigenvalue weighted by atomic mass is 19.1. The molecular weight excluding hydrogens is 381 g/mol. The Kier molecular flexibility index (Phi) is 5.51. The molecule has 0 saturated heterocycles. The van der Waals surface area contributed by atoms with E-state index in [1.54, 1.807) is 25.4 Å². The van der Waals surface area contributed by atoms with Crippen LogP contribution in [0.25, 0.3) is 22.6 Å². The molecule has 6 nitrogen and oxygen atoms in total. The van der Waals surface area contributed by atoms with Crippen LogP contribution in [0, 0.1) is 18.2 Å². The summed E-state index contributed by atoms with van der Waals surface area (Å²) in [5.41, 5.74) is 2.35. The molecule has 1 saturated carbocycles. The van der Waals surface area contributed by atoms with Gasteiger partial charge in [0.1, 0.15) is 5.82 Å². The molecule has 2 heterocycles. The fourth-order valence-electron chi connectivity index (χ4n) is 4.11. The molecule has 1 fully saturated rings. The van der Waals surface area contributed by atoms with Crippen LogP contribution >= 0.6 is 0 Å². The third-order valence-electron chi connectivity index (χ3n) is 5.74. The highest BCUT2D eigenvalue weighted by Gasteiger charge is 2.34. The first-order chi connectivity index (χ1) is 14.5. The minimum absolute atomic E-state index is 0.160. The molecule has 0 amide bonds. The molecule has 0 atom stereocenters. The van der Waals surface area contributed by atoms with E-state index in [1.165, 1.54) is 12.1 Å². The maximum Gasteiger partial charge on any atom is 0.222 e. The van der Waals surface area contributed by atoms with Crippen molar-refractivity contribution in [3.63, 3.8) is 0 Å². The van der Waals surface area contributed by atoms with Crippen LogP contribution in [0.3, 0.4) is 0 Å². The largest absolute Gasteiger partial charge is 0.389 e. The predicted octanol–water partition coefficient (Wildman–Crippen LogP) is 4.06. The summed E-state index contributed by atoms with van der Waals surface area (Å²) < 4.78 is 15.6. The number of aromatic nitrogens is 4. The van der Waals surface area contributed by atoms with Gasteiger partial charge in [-0.25, -0.2) is 19.3 Å². The van der Waals surface area contributed by atoms with Gasteiger partial charge in [-0.1, -0.05) is 0 Å². The minimum atomic E-state index is -0.792. The van der Waals surface area contributed by atoms with Crippen molar-refractivity contribution in [3.8, 4) is 35.0 Å². The predicted molar refractivity (Wildman–Crippen MR) is 114 cm³/mol. The van der Waals surface area contributed by atoms with Gasteiger partial charge in [-0.3, -0.25) is 0 Å². The number of hydrogen-bond acceptors (Lipinski definition) is 5. The van der Waals surface area contributed by atoms with Crippen LogP contribution in [0.2, 0.25) is 0 Å². The Labute approximate surface area is 175 Å². The lowest BCUT2D eigenvalue weighted by Gasteiger charge is -2.35. The van der Waals surface area contributed by atoms with E-state index < -0.39 is 5.60 Å². The molecule has 1 aliphatic carbocycles. The van der Waals surface area contributed by atoms with E-state index >= 15 is 0 Å². The normalized spacial score (nSPS) is 21.2. The second-order valence-electron chi connectivity index (χ2n) is 7.71. The second-order valence-corrected chi connectivity index (χ2v) is 7.71. The second kappa shape index (κ2) is 8.25. The van der Waals surface area contributed by atoms with E-state index in [1.807, 2.05) is 12.4 Å². The molecule has 0 bridgehead atoms. The lowest BCUT2D eigenvalue weighted by atomic mass is 9.80. The van der Waals surface area contributed by atoms with Crippen LogP contribution in [0.15, 0.2) is 42.9 Å². The summed E-state index contributed by atoms with van der Waals surface area (Å²) in [7, 11) is 1.77. The molecule has 4 rings (SSSR count). The van der Waals surface area contributed by atoms with Crippen molar-refractivity contribution in [1.82, 2.24) is 19.5 Å². The van der Waals surface area contributed by atoms with Gasteiger partial charge in [-0.15, -0.1) is 12.3 Å². The van der Waals surface area contributed by atoms with Crippen molar-refractivity contribution < 1.29 is 9.50 Å². The Hall–Kier alpha value is -3.24. The molecule has 0 spiro atoms. The monoisotopic (exact) mass is 405 g/mol. The molecule has 30 heavy (non-hydrogen) atoms. The van der Waals surface area contributed by atoms with Crippen LogP contribution in [0.4, 0.5) is 10.3 Å². The summed E-state index contributed by atoms with van der Waals surface area (Å²) in [4.78, 5) is 13.5. The number of benzene rings is 1. The number of anilines is 1. The van der Waals surface area contributed by atoms with E-state index in [9.17, 15) is 9.50 Å². The van der Waals surface area contributed by atoms with E-state index in [2.05, 4.69) is 30.8 Å². The van der Waals surface area contributed by atoms with Crippen molar-refractivity contribution in [2.75, 3.05) is 12.4 Å². The summed E-state index contributed by atoms with van der Waals surface area (Å²) in [5.74, 6) is 2.81. The zero-order valence-electron chi connectivity index (χ0n) is 16.8. The number of nitrogens with one attached hydrogen (secondary N) is 1. The molecule has 3 aromatic rings. The van der Waals surface area contributed by atoms with Crippen molar-refractivity contribution in [2.45, 2.75) is 43.7 Å². The molecule has 2 N–H and O–H groups in total. The highest BCUT2D eigenvalue weighted by Crippen LogP contribution is 2.40. The number of nitrogens with zero attached hydrogens (tertiary/aromatic N) is 4. The number of aliphatic hydroxyl groups is 1. The van der Waals surface area contributed by atoms with Crippen LogP contribution in [-0.4, -0.2) is 37.3 Å². The van der Waals surface area contributed by atoms with Crippen molar-refractivity contribution in [1.29, 1.82) is 0 Å². The van der Waals surface area contributed by atoms with Crippen LogP contribution in [0.5, 0.6) is 0 Å². The number of imidazole rings is 1. The SMILES string of the molecule is C#CCC1(O)CCC(n2cnc(-c3ccc(F)cc3)c2-c2ccnc(NC)n2)CC1. The van der Waals surface area contributed by atoms with E-state index in [4.69, 9.17) is 6.42 Å². The van der Waals surface area contributed by atoms with Gasteiger partial charge in [0.2, 0.25) is 5.95 Å². The Morgan fingerprint density at radius 1 is 1.23 bits per heavy atom. The summed E-state index contributed by atoms with van der Waals surface area (Å²) in [5, 5.41) is 13.6. The molecule has 7 heteroatoms. The fourth-order valence-corrected chi connectivity index (χ4v) is 4.11. The van der Waals surface area contributed by atoms with Crippen molar-refractivity contribution >= 4 is 5.95 Å². The lowest BCUT2D eigenvalue weighted by molar-refractivity contribution is -0.00266. The minimum Gasteiger partial charge on any atom is -0.389 e. The standard InChI is InChI=1S/C23H24FN5O/c1-3-11-23(30)12-8-18(9-13-23)29-15-27-20(16-4-6-17(24)7-5-16)21(29)19-10-14-26-22(25-2)28-19/h1,4-7,10,14-15,18,30H,8-9,11-13H2,2H3,(H,25,26,28). The summed E-state index contributed by atoms with van der Waals surface area (Å²) in [6.07, 6.45) is 12.1. The summed E-state index contributed by atoms with van der Waals surface area (Å²) >= 11 is 0.